The van der Waals surface area contributed by atoms with Gasteiger partial charge in [-0.1, -0.05) is 45.7 Å². The minimum Gasteiger partial charge on any atom is -0.497 e. The molecule has 30 heavy (non-hydrogen) atoms. The summed E-state index contributed by atoms with van der Waals surface area (Å²) in [6, 6.07) is 7.89. The van der Waals surface area contributed by atoms with Crippen LogP contribution in [0.15, 0.2) is 24.3 Å². The van der Waals surface area contributed by atoms with Crippen LogP contribution in [0.3, 0.4) is 0 Å². The van der Waals surface area contributed by atoms with E-state index < -0.39 is 0 Å². The van der Waals surface area contributed by atoms with Crippen LogP contribution in [0, 0.1) is 11.3 Å². The Kier molecular flexibility index (Phi) is 9.55. The van der Waals surface area contributed by atoms with Gasteiger partial charge >= 0.3 is 0 Å². The van der Waals surface area contributed by atoms with Gasteiger partial charge in [0, 0.05) is 13.0 Å². The summed E-state index contributed by atoms with van der Waals surface area (Å²) in [5.41, 5.74) is 1.37. The van der Waals surface area contributed by atoms with Gasteiger partial charge in [-0.05, 0) is 47.6 Å². The number of ether oxygens (including phenoxy) is 1. The number of carbonyl (C=O) groups is 1. The van der Waals surface area contributed by atoms with Crippen molar-refractivity contribution in [1.29, 1.82) is 0 Å². The normalized spacial score (nSPS) is 16.5. The fourth-order valence-corrected chi connectivity index (χ4v) is 5.53. The molecule has 170 valence electrons. The van der Waals surface area contributed by atoms with Crippen LogP contribution in [-0.4, -0.2) is 55.7 Å². The van der Waals surface area contributed by atoms with Gasteiger partial charge in [0.05, 0.1) is 33.5 Å². The highest BCUT2D eigenvalue weighted by molar-refractivity contribution is 7.99. The monoisotopic (exact) mass is 435 g/mol. The number of hydrogen-bond donors (Lipinski definition) is 1. The quantitative estimate of drug-likeness (QED) is 0.491. The van der Waals surface area contributed by atoms with E-state index in [9.17, 15) is 4.79 Å². The van der Waals surface area contributed by atoms with E-state index in [1.807, 2.05) is 36.0 Å². The molecule has 1 aromatic rings. The topological polar surface area (TPSA) is 38.3 Å². The number of rotatable bonds is 11. The van der Waals surface area contributed by atoms with Crippen molar-refractivity contribution in [2.24, 2.45) is 11.3 Å². The number of hydrogen-bond acceptors (Lipinski definition) is 3. The number of carbonyl (C=O) groups excluding carboxylic acids is 1. The molecule has 1 aliphatic rings. The maximum absolute atomic E-state index is 13.3. The number of nitrogens with one attached hydrogen (secondary N) is 1. The van der Waals surface area contributed by atoms with Crippen molar-refractivity contribution in [3.05, 3.63) is 29.8 Å². The number of benzene rings is 1. The van der Waals surface area contributed by atoms with E-state index in [0.29, 0.717) is 6.54 Å². The van der Waals surface area contributed by atoms with Gasteiger partial charge in [0.15, 0.2) is 6.04 Å². The Labute approximate surface area is 188 Å². The first-order valence-corrected chi connectivity index (χ1v) is 12.6. The molecule has 5 heteroatoms. The molecule has 1 fully saturated rings. The van der Waals surface area contributed by atoms with Crippen molar-refractivity contribution in [3.63, 3.8) is 0 Å². The van der Waals surface area contributed by atoms with Crippen LogP contribution in [0.1, 0.15) is 58.4 Å². The van der Waals surface area contributed by atoms with E-state index in [0.717, 1.165) is 40.4 Å². The lowest BCUT2D eigenvalue weighted by Gasteiger charge is -2.39. The summed E-state index contributed by atoms with van der Waals surface area (Å²) in [7, 11) is 6.11. The number of quaternary nitrogens is 1. The predicted octanol–water partition coefficient (Wildman–Crippen LogP) is 5.12. The van der Waals surface area contributed by atoms with Crippen LogP contribution in [0.5, 0.6) is 5.75 Å². The largest absolute Gasteiger partial charge is 0.497 e. The van der Waals surface area contributed by atoms with Crippen molar-refractivity contribution in [2.75, 3.05) is 39.3 Å². The smallest absolute Gasteiger partial charge is 0.279 e. The Morgan fingerprint density at radius 1 is 1.20 bits per heavy atom. The highest BCUT2D eigenvalue weighted by Crippen LogP contribution is 2.29. The molecule has 1 atom stereocenters. The average Bonchev–Trinajstić information content (AvgIpc) is 3.21. The van der Waals surface area contributed by atoms with Crippen molar-refractivity contribution in [1.82, 2.24) is 5.32 Å². The molecule has 1 aliphatic carbocycles. The van der Waals surface area contributed by atoms with Gasteiger partial charge in [-0.2, -0.15) is 11.8 Å². The summed E-state index contributed by atoms with van der Waals surface area (Å²) >= 11 is 1.98. The van der Waals surface area contributed by atoms with Gasteiger partial charge in [0.2, 0.25) is 0 Å². The summed E-state index contributed by atoms with van der Waals surface area (Å²) in [6.45, 7) is 8.40. The predicted molar refractivity (Wildman–Crippen MR) is 129 cm³/mol. The Morgan fingerprint density at radius 3 is 2.40 bits per heavy atom. The van der Waals surface area contributed by atoms with Crippen molar-refractivity contribution < 1.29 is 14.0 Å². The van der Waals surface area contributed by atoms with E-state index in [-0.39, 0.29) is 17.4 Å². The number of thioether (sulfide) groups is 1. The highest BCUT2D eigenvalue weighted by Gasteiger charge is 2.35. The Hall–Kier alpha value is -1.20. The molecule has 0 heterocycles. The number of likely N-dealkylation sites (N-methyl/N-ethyl adjacent to an activating group) is 1. The molecular formula is C25H43N2O2S+. The van der Waals surface area contributed by atoms with Gasteiger partial charge < -0.3 is 14.5 Å². The molecule has 1 saturated carbocycles. The standard InChI is InChI=1S/C25H42N2O2S/c1-25(2,3)15-16-27(4,5)23(19-30-18-21-9-7-8-10-21)24(28)26-17-20-11-13-22(29-6)14-12-20/h11-14,21,23H,7-10,15-19H2,1-6H3/p+1. The number of nitrogens with zero attached hydrogens (tertiary/aromatic N) is 1. The van der Waals surface area contributed by atoms with Gasteiger partial charge in [-0.3, -0.25) is 4.79 Å². The molecule has 0 aliphatic heterocycles. The van der Waals surface area contributed by atoms with Crippen LogP contribution in [0.25, 0.3) is 0 Å². The zero-order chi connectivity index (χ0) is 22.2. The third-order valence-electron chi connectivity index (χ3n) is 6.31. The zero-order valence-electron chi connectivity index (χ0n) is 20.0. The van der Waals surface area contributed by atoms with E-state index >= 15 is 0 Å². The van der Waals surface area contributed by atoms with Crippen LogP contribution in [0.2, 0.25) is 0 Å². The van der Waals surface area contributed by atoms with Crippen molar-refractivity contribution in [2.45, 2.75) is 65.5 Å². The van der Waals surface area contributed by atoms with Gasteiger partial charge in [0.1, 0.15) is 5.75 Å². The van der Waals surface area contributed by atoms with Crippen LogP contribution >= 0.6 is 11.8 Å². The summed E-state index contributed by atoms with van der Waals surface area (Å²) in [5.74, 6) is 3.95. The second-order valence-electron chi connectivity index (χ2n) is 10.6. The lowest BCUT2D eigenvalue weighted by atomic mass is 9.91. The van der Waals surface area contributed by atoms with E-state index in [1.54, 1.807) is 7.11 Å². The summed E-state index contributed by atoms with van der Waals surface area (Å²) in [4.78, 5) is 13.3. The lowest BCUT2D eigenvalue weighted by Crippen LogP contribution is -2.58. The van der Waals surface area contributed by atoms with E-state index in [4.69, 9.17) is 4.74 Å². The van der Waals surface area contributed by atoms with Crippen LogP contribution in [0.4, 0.5) is 0 Å². The summed E-state index contributed by atoms with van der Waals surface area (Å²) < 4.78 is 5.97. The number of methoxy groups -OCH3 is 1. The maximum Gasteiger partial charge on any atom is 0.279 e. The molecule has 0 bridgehead atoms. The van der Waals surface area contributed by atoms with Gasteiger partial charge in [0.25, 0.3) is 5.91 Å². The fraction of sp³-hybridized carbons (Fsp3) is 0.720. The van der Waals surface area contributed by atoms with E-state index in [2.05, 4.69) is 40.2 Å². The second-order valence-corrected chi connectivity index (χ2v) is 11.7. The molecule has 0 radical (unpaired) electrons. The molecule has 0 saturated heterocycles. The first kappa shape index (κ1) is 25.1. The maximum atomic E-state index is 13.3. The molecule has 1 N–H and O–H groups in total. The first-order valence-electron chi connectivity index (χ1n) is 11.4. The molecule has 1 aromatic carbocycles. The SMILES string of the molecule is COc1ccc(CNC(=O)C(CSCC2CCCC2)[N+](C)(C)CCC(C)(C)C)cc1. The van der Waals surface area contributed by atoms with Crippen LogP contribution < -0.4 is 10.1 Å². The van der Waals surface area contributed by atoms with Gasteiger partial charge in [-0.25, -0.2) is 0 Å². The highest BCUT2D eigenvalue weighted by atomic mass is 32.2. The minimum absolute atomic E-state index is 0.0306. The zero-order valence-corrected chi connectivity index (χ0v) is 20.8. The summed E-state index contributed by atoms with van der Waals surface area (Å²) in [5, 5.41) is 3.21. The second kappa shape index (κ2) is 11.4. The average molecular weight is 436 g/mol. The number of amides is 1. The third kappa shape index (κ3) is 8.50. The minimum atomic E-state index is -0.0306. The van der Waals surface area contributed by atoms with Crippen molar-refractivity contribution >= 4 is 17.7 Å². The Morgan fingerprint density at radius 2 is 1.83 bits per heavy atom. The summed E-state index contributed by atoms with van der Waals surface area (Å²) in [6.07, 6.45) is 6.59. The van der Waals surface area contributed by atoms with Crippen molar-refractivity contribution in [3.8, 4) is 5.75 Å². The van der Waals surface area contributed by atoms with Gasteiger partial charge in [-0.15, -0.1) is 0 Å². The lowest BCUT2D eigenvalue weighted by molar-refractivity contribution is -0.904. The first-order chi connectivity index (χ1) is 14.1. The molecule has 2 rings (SSSR count). The molecule has 0 spiro atoms. The Bertz CT molecular complexity index is 646. The molecule has 0 aromatic heterocycles. The molecule has 1 amide bonds. The third-order valence-corrected chi connectivity index (χ3v) is 7.57. The molecule has 1 unspecified atom stereocenters. The molecule has 4 nitrogen and oxygen atoms in total. The molecular weight excluding hydrogens is 392 g/mol. The fourth-order valence-electron chi connectivity index (χ4n) is 3.95. The van der Waals surface area contributed by atoms with E-state index in [1.165, 1.54) is 31.4 Å². The Balaban J connectivity index is 1.98. The van der Waals surface area contributed by atoms with Crippen LogP contribution in [-0.2, 0) is 11.3 Å².